The highest BCUT2D eigenvalue weighted by Crippen LogP contribution is 2.22. The van der Waals surface area contributed by atoms with Gasteiger partial charge >= 0.3 is 6.09 Å². The highest BCUT2D eigenvalue weighted by atomic mass is 16.6. The fourth-order valence-electron chi connectivity index (χ4n) is 2.87. The molecular weight excluding hydrogens is 304 g/mol. The van der Waals surface area contributed by atoms with Crippen LogP contribution in [0.1, 0.15) is 44.7 Å². The van der Waals surface area contributed by atoms with Crippen LogP contribution in [0.3, 0.4) is 0 Å². The van der Waals surface area contributed by atoms with Gasteiger partial charge in [0, 0.05) is 18.8 Å². The number of carbonyl (C=O) groups excluding carboxylic acids is 2. The molecule has 0 aliphatic carbocycles. The van der Waals surface area contributed by atoms with Gasteiger partial charge in [-0.2, -0.15) is 0 Å². The molecule has 0 aromatic heterocycles. The van der Waals surface area contributed by atoms with Gasteiger partial charge in [-0.3, -0.25) is 4.79 Å². The Balaban J connectivity index is 1.98. The lowest BCUT2D eigenvalue weighted by Gasteiger charge is -2.33. The third-order valence-corrected chi connectivity index (χ3v) is 4.08. The quantitative estimate of drug-likeness (QED) is 0.894. The molecule has 2 amide bonds. The summed E-state index contributed by atoms with van der Waals surface area (Å²) in [5, 5.41) is 3.00. The van der Waals surface area contributed by atoms with Crippen LogP contribution in [-0.2, 0) is 9.53 Å². The van der Waals surface area contributed by atoms with E-state index >= 15 is 0 Å². The lowest BCUT2D eigenvalue weighted by atomic mass is 9.97. The number of rotatable bonds is 2. The van der Waals surface area contributed by atoms with E-state index in [4.69, 9.17) is 4.74 Å². The number of carbonyl (C=O) groups is 2. The van der Waals surface area contributed by atoms with Crippen molar-refractivity contribution in [3.8, 4) is 0 Å². The Morgan fingerprint density at radius 1 is 1.25 bits per heavy atom. The molecular formula is C19H28N2O3. The first kappa shape index (κ1) is 18.3. The van der Waals surface area contributed by atoms with Crippen LogP contribution in [0.5, 0.6) is 0 Å². The van der Waals surface area contributed by atoms with Gasteiger partial charge in [-0.1, -0.05) is 17.7 Å². The molecule has 132 valence electrons. The third-order valence-electron chi connectivity index (χ3n) is 4.08. The summed E-state index contributed by atoms with van der Waals surface area (Å²) in [6.45, 7) is 10.6. The summed E-state index contributed by atoms with van der Waals surface area (Å²) in [7, 11) is 0. The third kappa shape index (κ3) is 4.98. The Labute approximate surface area is 144 Å². The van der Waals surface area contributed by atoms with Crippen LogP contribution >= 0.6 is 0 Å². The molecule has 1 aromatic rings. The van der Waals surface area contributed by atoms with Gasteiger partial charge in [-0.25, -0.2) is 4.79 Å². The van der Waals surface area contributed by atoms with E-state index in [-0.39, 0.29) is 17.9 Å². The first-order valence-electron chi connectivity index (χ1n) is 8.52. The molecule has 0 saturated carbocycles. The van der Waals surface area contributed by atoms with Crippen molar-refractivity contribution in [1.82, 2.24) is 4.90 Å². The molecule has 5 heteroatoms. The van der Waals surface area contributed by atoms with Crippen molar-refractivity contribution in [1.29, 1.82) is 0 Å². The van der Waals surface area contributed by atoms with Crippen molar-refractivity contribution in [2.45, 2.75) is 53.1 Å². The zero-order chi connectivity index (χ0) is 17.9. The Morgan fingerprint density at radius 3 is 2.58 bits per heavy atom. The first-order valence-corrected chi connectivity index (χ1v) is 8.52. The summed E-state index contributed by atoms with van der Waals surface area (Å²) >= 11 is 0. The van der Waals surface area contributed by atoms with Gasteiger partial charge in [0.25, 0.3) is 0 Å². The van der Waals surface area contributed by atoms with E-state index in [1.54, 1.807) is 4.90 Å². The minimum absolute atomic E-state index is 0.0322. The minimum atomic E-state index is -0.523. The number of likely N-dealkylation sites (tertiary alicyclic amines) is 1. The number of aryl methyl sites for hydroxylation is 2. The number of piperidine rings is 1. The highest BCUT2D eigenvalue weighted by Gasteiger charge is 2.31. The number of anilines is 1. The summed E-state index contributed by atoms with van der Waals surface area (Å²) in [6.07, 6.45) is 1.26. The molecule has 1 aliphatic heterocycles. The fourth-order valence-corrected chi connectivity index (χ4v) is 2.87. The molecule has 2 rings (SSSR count). The molecule has 1 atom stereocenters. The van der Waals surface area contributed by atoms with Gasteiger partial charge in [-0.15, -0.1) is 0 Å². The van der Waals surface area contributed by atoms with E-state index in [2.05, 4.69) is 5.32 Å². The van der Waals surface area contributed by atoms with Crippen LogP contribution in [0.2, 0.25) is 0 Å². The second-order valence-electron chi connectivity index (χ2n) is 7.57. The first-order chi connectivity index (χ1) is 11.2. The summed E-state index contributed by atoms with van der Waals surface area (Å²) in [6, 6.07) is 5.96. The van der Waals surface area contributed by atoms with Crippen molar-refractivity contribution in [2.24, 2.45) is 5.92 Å². The van der Waals surface area contributed by atoms with Crippen LogP contribution in [0, 0.1) is 19.8 Å². The van der Waals surface area contributed by atoms with E-state index in [1.807, 2.05) is 52.8 Å². The average Bonchev–Trinajstić information content (AvgIpc) is 2.48. The van der Waals surface area contributed by atoms with Gasteiger partial charge in [0.2, 0.25) is 5.91 Å². The molecule has 1 aliphatic rings. The normalized spacial score (nSPS) is 18.2. The van der Waals surface area contributed by atoms with Crippen LogP contribution in [0.15, 0.2) is 18.2 Å². The standard InChI is InChI=1S/C19H28N2O3/c1-13-8-9-16(14(2)11-13)20-17(22)15-7-6-10-21(12-15)18(23)24-19(3,4)5/h8-9,11,15H,6-7,10,12H2,1-5H3,(H,20,22). The van der Waals surface area contributed by atoms with Crippen molar-refractivity contribution < 1.29 is 14.3 Å². The zero-order valence-corrected chi connectivity index (χ0v) is 15.3. The number of benzene rings is 1. The van der Waals surface area contributed by atoms with Crippen LogP contribution < -0.4 is 5.32 Å². The Morgan fingerprint density at radius 2 is 1.96 bits per heavy atom. The summed E-state index contributed by atoms with van der Waals surface area (Å²) < 4.78 is 5.41. The van der Waals surface area contributed by atoms with Gasteiger partial charge in [0.1, 0.15) is 5.60 Å². The number of ether oxygens (including phenoxy) is 1. The summed E-state index contributed by atoms with van der Waals surface area (Å²) in [5.41, 5.74) is 2.52. The van der Waals surface area contributed by atoms with Crippen molar-refractivity contribution in [3.05, 3.63) is 29.3 Å². The van der Waals surface area contributed by atoms with Crippen LogP contribution in [-0.4, -0.2) is 35.6 Å². The topological polar surface area (TPSA) is 58.6 Å². The number of nitrogens with one attached hydrogen (secondary N) is 1. The van der Waals surface area contributed by atoms with Gasteiger partial charge in [-0.05, 0) is 59.1 Å². The van der Waals surface area contributed by atoms with E-state index < -0.39 is 5.60 Å². The van der Waals surface area contributed by atoms with Gasteiger partial charge in [0.05, 0.1) is 5.92 Å². The Hall–Kier alpha value is -2.04. The maximum atomic E-state index is 12.6. The number of hydrogen-bond donors (Lipinski definition) is 1. The number of hydrogen-bond acceptors (Lipinski definition) is 3. The molecule has 1 unspecified atom stereocenters. The van der Waals surface area contributed by atoms with Gasteiger partial charge in [0.15, 0.2) is 0 Å². The maximum absolute atomic E-state index is 12.6. The van der Waals surface area contributed by atoms with E-state index in [0.29, 0.717) is 13.1 Å². The maximum Gasteiger partial charge on any atom is 0.410 e. The SMILES string of the molecule is Cc1ccc(NC(=O)C2CCCN(C(=O)OC(C)(C)C)C2)c(C)c1. The number of nitrogens with zero attached hydrogens (tertiary/aromatic N) is 1. The minimum Gasteiger partial charge on any atom is -0.444 e. The average molecular weight is 332 g/mol. The monoisotopic (exact) mass is 332 g/mol. The summed E-state index contributed by atoms with van der Waals surface area (Å²) in [5.74, 6) is -0.234. The molecule has 1 aromatic carbocycles. The predicted molar refractivity (Wildman–Crippen MR) is 95.1 cm³/mol. The number of amides is 2. The molecule has 0 radical (unpaired) electrons. The van der Waals surface area contributed by atoms with Gasteiger partial charge < -0.3 is 15.0 Å². The van der Waals surface area contributed by atoms with Crippen LogP contribution in [0.4, 0.5) is 10.5 Å². The molecule has 1 heterocycles. The smallest absolute Gasteiger partial charge is 0.410 e. The lowest BCUT2D eigenvalue weighted by Crippen LogP contribution is -2.45. The van der Waals surface area contributed by atoms with E-state index in [1.165, 1.54) is 5.56 Å². The Bertz CT molecular complexity index is 620. The summed E-state index contributed by atoms with van der Waals surface area (Å²) in [4.78, 5) is 26.4. The largest absolute Gasteiger partial charge is 0.444 e. The highest BCUT2D eigenvalue weighted by molar-refractivity contribution is 5.93. The molecule has 5 nitrogen and oxygen atoms in total. The predicted octanol–water partition coefficient (Wildman–Crippen LogP) is 3.89. The second-order valence-corrected chi connectivity index (χ2v) is 7.57. The molecule has 0 spiro atoms. The molecule has 1 saturated heterocycles. The Kier molecular flexibility index (Phi) is 5.52. The molecule has 0 bridgehead atoms. The lowest BCUT2D eigenvalue weighted by molar-refractivity contribution is -0.121. The molecule has 1 N–H and O–H groups in total. The fraction of sp³-hybridized carbons (Fsp3) is 0.579. The van der Waals surface area contributed by atoms with Crippen molar-refractivity contribution in [3.63, 3.8) is 0 Å². The zero-order valence-electron chi connectivity index (χ0n) is 15.3. The second kappa shape index (κ2) is 7.24. The van der Waals surface area contributed by atoms with E-state index in [0.717, 1.165) is 24.1 Å². The van der Waals surface area contributed by atoms with Crippen LogP contribution in [0.25, 0.3) is 0 Å². The van der Waals surface area contributed by atoms with E-state index in [9.17, 15) is 9.59 Å². The molecule has 24 heavy (non-hydrogen) atoms. The van der Waals surface area contributed by atoms with Crippen molar-refractivity contribution in [2.75, 3.05) is 18.4 Å². The van der Waals surface area contributed by atoms with Crippen molar-refractivity contribution >= 4 is 17.7 Å². The molecule has 1 fully saturated rings.